The molecule has 2 N–H and O–H groups in total. The van der Waals surface area contributed by atoms with Gasteiger partial charge in [-0.2, -0.15) is 5.26 Å². The second-order valence-corrected chi connectivity index (χ2v) is 5.49. The first-order valence-corrected chi connectivity index (χ1v) is 7.68. The average Bonchev–Trinajstić information content (AvgIpc) is 2.55. The molecule has 5 heteroatoms. The number of rotatable bonds is 6. The highest BCUT2D eigenvalue weighted by molar-refractivity contribution is 5.97. The largest absolute Gasteiger partial charge is 0.507 e. The smallest absolute Gasteiger partial charge is 0.163 e. The van der Waals surface area contributed by atoms with Crippen molar-refractivity contribution in [3.8, 4) is 23.3 Å². The Bertz CT molecular complexity index is 806. The van der Waals surface area contributed by atoms with Crippen LogP contribution in [0.4, 0.5) is 0 Å². The number of aromatic hydroxyl groups is 2. The van der Waals surface area contributed by atoms with Gasteiger partial charge in [-0.3, -0.25) is 4.79 Å². The maximum Gasteiger partial charge on any atom is 0.163 e. The second kappa shape index (κ2) is 7.51. The lowest BCUT2D eigenvalue weighted by Gasteiger charge is -2.14. The van der Waals surface area contributed by atoms with Crippen LogP contribution in [-0.2, 0) is 13.0 Å². The number of benzene rings is 2. The lowest BCUT2D eigenvalue weighted by molar-refractivity contribution is 0.101. The fourth-order valence-corrected chi connectivity index (χ4v) is 2.48. The third-order valence-electron chi connectivity index (χ3n) is 3.74. The maximum atomic E-state index is 11.6. The molecule has 0 radical (unpaired) electrons. The third kappa shape index (κ3) is 3.66. The highest BCUT2D eigenvalue weighted by Gasteiger charge is 2.15. The fraction of sp³-hybridized carbons (Fsp3) is 0.263. The van der Waals surface area contributed by atoms with Crippen LogP contribution in [0.25, 0.3) is 0 Å². The van der Waals surface area contributed by atoms with Crippen molar-refractivity contribution >= 4 is 5.78 Å². The molecule has 0 spiro atoms. The number of ketones is 1. The van der Waals surface area contributed by atoms with Crippen molar-refractivity contribution in [2.45, 2.75) is 33.3 Å². The number of hydrogen-bond acceptors (Lipinski definition) is 5. The number of ether oxygens (including phenoxy) is 1. The van der Waals surface area contributed by atoms with Crippen molar-refractivity contribution in [2.75, 3.05) is 0 Å². The van der Waals surface area contributed by atoms with E-state index >= 15 is 0 Å². The first-order valence-electron chi connectivity index (χ1n) is 7.68. The van der Waals surface area contributed by atoms with E-state index in [1.807, 2.05) is 13.0 Å². The van der Waals surface area contributed by atoms with E-state index in [1.165, 1.54) is 19.1 Å². The Morgan fingerprint density at radius 1 is 1.25 bits per heavy atom. The fourth-order valence-electron chi connectivity index (χ4n) is 2.48. The molecule has 0 amide bonds. The molecule has 5 nitrogen and oxygen atoms in total. The van der Waals surface area contributed by atoms with Crippen LogP contribution in [0.1, 0.15) is 47.3 Å². The number of Topliss-reactive ketones (excluding diaryl/α,β-unsaturated/α-hetero) is 1. The molecule has 2 aromatic carbocycles. The zero-order valence-corrected chi connectivity index (χ0v) is 13.7. The zero-order chi connectivity index (χ0) is 17.7. The summed E-state index contributed by atoms with van der Waals surface area (Å²) in [6, 6.07) is 9.69. The Hall–Kier alpha value is -3.00. The van der Waals surface area contributed by atoms with Crippen molar-refractivity contribution in [3.05, 3.63) is 52.6 Å². The van der Waals surface area contributed by atoms with Crippen LogP contribution in [0.2, 0.25) is 0 Å². The molecular weight excluding hydrogens is 306 g/mol. The van der Waals surface area contributed by atoms with Crippen molar-refractivity contribution in [2.24, 2.45) is 0 Å². The highest BCUT2D eigenvalue weighted by atomic mass is 16.5. The van der Waals surface area contributed by atoms with Crippen molar-refractivity contribution in [1.29, 1.82) is 5.26 Å². The van der Waals surface area contributed by atoms with Gasteiger partial charge in [-0.25, -0.2) is 0 Å². The van der Waals surface area contributed by atoms with Crippen LogP contribution in [0.15, 0.2) is 30.3 Å². The van der Waals surface area contributed by atoms with Gasteiger partial charge < -0.3 is 14.9 Å². The minimum Gasteiger partial charge on any atom is -0.507 e. The second-order valence-electron chi connectivity index (χ2n) is 5.49. The maximum absolute atomic E-state index is 11.6. The van der Waals surface area contributed by atoms with Gasteiger partial charge >= 0.3 is 0 Å². The number of nitrogens with zero attached hydrogens (tertiary/aromatic N) is 1. The van der Waals surface area contributed by atoms with Crippen molar-refractivity contribution in [1.82, 2.24) is 0 Å². The minimum absolute atomic E-state index is 0.00752. The molecule has 0 unspecified atom stereocenters. The average molecular weight is 325 g/mol. The topological polar surface area (TPSA) is 90.5 Å². The Morgan fingerprint density at radius 2 is 2.00 bits per heavy atom. The van der Waals surface area contributed by atoms with Crippen molar-refractivity contribution in [3.63, 3.8) is 0 Å². The number of hydrogen-bond donors (Lipinski definition) is 2. The SMILES string of the molecule is CCCc1c(COc2ccc(C#N)c(O)c2)ccc(C(C)=O)c1O. The quantitative estimate of drug-likeness (QED) is 0.790. The van der Waals surface area contributed by atoms with E-state index in [1.54, 1.807) is 18.2 Å². The van der Waals surface area contributed by atoms with Gasteiger partial charge in [-0.15, -0.1) is 0 Å². The van der Waals surface area contributed by atoms with Gasteiger partial charge in [0.15, 0.2) is 5.78 Å². The Morgan fingerprint density at radius 3 is 2.58 bits per heavy atom. The summed E-state index contributed by atoms with van der Waals surface area (Å²) in [6.45, 7) is 3.59. The van der Waals surface area contributed by atoms with E-state index in [2.05, 4.69) is 0 Å². The molecule has 2 rings (SSSR count). The van der Waals surface area contributed by atoms with Crippen LogP contribution in [0, 0.1) is 11.3 Å². The molecule has 0 aliphatic heterocycles. The van der Waals surface area contributed by atoms with Gasteiger partial charge in [0.2, 0.25) is 0 Å². The summed E-state index contributed by atoms with van der Waals surface area (Å²) in [6.07, 6.45) is 1.45. The summed E-state index contributed by atoms with van der Waals surface area (Å²) in [7, 11) is 0. The summed E-state index contributed by atoms with van der Waals surface area (Å²) < 4.78 is 5.65. The summed E-state index contributed by atoms with van der Waals surface area (Å²) >= 11 is 0. The normalized spacial score (nSPS) is 10.2. The van der Waals surface area contributed by atoms with Gasteiger partial charge in [0.1, 0.15) is 29.9 Å². The molecule has 0 atom stereocenters. The molecule has 0 aliphatic carbocycles. The molecule has 24 heavy (non-hydrogen) atoms. The summed E-state index contributed by atoms with van der Waals surface area (Å²) in [4.78, 5) is 11.6. The van der Waals surface area contributed by atoms with Gasteiger partial charge in [0.05, 0.1) is 11.1 Å². The summed E-state index contributed by atoms with van der Waals surface area (Å²) in [5.74, 6) is 0.102. The standard InChI is InChI=1S/C19H19NO4/c1-3-4-17-14(6-8-16(12(2)21)19(17)23)11-24-15-7-5-13(10-20)18(22)9-15/h5-9,22-23H,3-4,11H2,1-2H3. The molecule has 0 aliphatic rings. The van der Waals surface area contributed by atoms with E-state index in [0.29, 0.717) is 23.3 Å². The Kier molecular flexibility index (Phi) is 5.43. The lowest BCUT2D eigenvalue weighted by Crippen LogP contribution is -2.04. The molecular formula is C19H19NO4. The van der Waals surface area contributed by atoms with Crippen LogP contribution < -0.4 is 4.74 Å². The predicted octanol–water partition coefficient (Wildman–Crippen LogP) is 3.70. The first kappa shape index (κ1) is 17.4. The zero-order valence-electron chi connectivity index (χ0n) is 13.7. The van der Waals surface area contributed by atoms with Gasteiger partial charge in [0, 0.05) is 11.6 Å². The number of nitriles is 1. The summed E-state index contributed by atoms with van der Waals surface area (Å²) in [5.41, 5.74) is 1.96. The van der Waals surface area contributed by atoms with Gasteiger partial charge in [-0.05, 0) is 37.1 Å². The summed E-state index contributed by atoms with van der Waals surface area (Å²) in [5, 5.41) is 28.8. The van der Waals surface area contributed by atoms with Crippen molar-refractivity contribution < 1.29 is 19.7 Å². The molecule has 0 aromatic heterocycles. The molecule has 0 saturated heterocycles. The molecule has 0 bridgehead atoms. The minimum atomic E-state index is -0.186. The van der Waals surface area contributed by atoms with Crippen LogP contribution in [-0.4, -0.2) is 16.0 Å². The Labute approximate surface area is 140 Å². The molecule has 0 saturated carbocycles. The number of carbonyl (C=O) groups is 1. The molecule has 2 aromatic rings. The Balaban J connectivity index is 2.26. The van der Waals surface area contributed by atoms with Crippen LogP contribution in [0.3, 0.4) is 0 Å². The predicted molar refractivity (Wildman–Crippen MR) is 89.3 cm³/mol. The molecule has 0 fully saturated rings. The van der Waals surface area contributed by atoms with E-state index in [4.69, 9.17) is 10.00 Å². The molecule has 0 heterocycles. The van der Waals surface area contributed by atoms with E-state index in [0.717, 1.165) is 12.0 Å². The number of carbonyl (C=O) groups excluding carboxylic acids is 1. The lowest BCUT2D eigenvalue weighted by atomic mass is 9.97. The first-order chi connectivity index (χ1) is 11.5. The van der Waals surface area contributed by atoms with Crippen LogP contribution in [0.5, 0.6) is 17.2 Å². The van der Waals surface area contributed by atoms with Gasteiger partial charge in [0.25, 0.3) is 0 Å². The third-order valence-corrected chi connectivity index (χ3v) is 3.74. The van der Waals surface area contributed by atoms with Crippen LogP contribution >= 0.6 is 0 Å². The number of phenols is 2. The van der Waals surface area contributed by atoms with E-state index < -0.39 is 0 Å². The van der Waals surface area contributed by atoms with Gasteiger partial charge in [-0.1, -0.05) is 19.4 Å². The number of phenolic OH excluding ortho intramolecular Hbond substituents is 2. The van der Waals surface area contributed by atoms with E-state index in [9.17, 15) is 15.0 Å². The highest BCUT2D eigenvalue weighted by Crippen LogP contribution is 2.29. The monoisotopic (exact) mass is 325 g/mol. The van der Waals surface area contributed by atoms with E-state index in [-0.39, 0.29) is 29.5 Å². The molecule has 124 valence electrons.